The molecule has 8 nitrogen and oxygen atoms in total. The summed E-state index contributed by atoms with van der Waals surface area (Å²) < 4.78 is 57.7. The molecule has 1 saturated carbocycles. The lowest BCUT2D eigenvalue weighted by molar-refractivity contribution is 0.479. The van der Waals surface area contributed by atoms with Gasteiger partial charge in [-0.15, -0.1) is 0 Å². The summed E-state index contributed by atoms with van der Waals surface area (Å²) in [5, 5.41) is 4.89. The molecule has 0 unspecified atom stereocenters. The van der Waals surface area contributed by atoms with Crippen LogP contribution < -0.4 is 10.5 Å². The number of halogens is 3. The molecule has 2 aromatic heterocycles. The number of nitrogens with two attached hydrogens (primary N) is 1. The van der Waals surface area contributed by atoms with Crippen LogP contribution in [0.25, 0.3) is 22.3 Å². The summed E-state index contributed by atoms with van der Waals surface area (Å²) in [4.78, 5) is 8.04. The Balaban J connectivity index is 1.53. The van der Waals surface area contributed by atoms with Crippen molar-refractivity contribution >= 4 is 44.2 Å². The zero-order valence-electron chi connectivity index (χ0n) is 17.7. The molecule has 4 aromatic rings. The molecule has 2 heterocycles. The minimum absolute atomic E-state index is 0.168. The molecule has 1 aliphatic rings. The first-order valence-electron chi connectivity index (χ1n) is 10.5. The van der Waals surface area contributed by atoms with Gasteiger partial charge in [0.1, 0.15) is 34.4 Å². The van der Waals surface area contributed by atoms with Gasteiger partial charge in [0.05, 0.1) is 22.1 Å². The van der Waals surface area contributed by atoms with Gasteiger partial charge in [-0.1, -0.05) is 30.5 Å². The van der Waals surface area contributed by atoms with Gasteiger partial charge in [0.15, 0.2) is 5.65 Å². The second-order valence-electron chi connectivity index (χ2n) is 8.06. The fourth-order valence-corrected chi connectivity index (χ4v) is 5.84. The Morgan fingerprint density at radius 2 is 1.85 bits per heavy atom. The van der Waals surface area contributed by atoms with Crippen LogP contribution >= 0.6 is 11.6 Å². The van der Waals surface area contributed by atoms with Crippen molar-refractivity contribution < 1.29 is 17.2 Å². The van der Waals surface area contributed by atoms with Crippen molar-refractivity contribution in [3.05, 3.63) is 59.4 Å². The predicted octanol–water partition coefficient (Wildman–Crippen LogP) is 4.92. The van der Waals surface area contributed by atoms with Gasteiger partial charge in [0.25, 0.3) is 10.0 Å². The van der Waals surface area contributed by atoms with Crippen LogP contribution in [0.1, 0.15) is 31.7 Å². The maximum Gasteiger partial charge on any atom is 0.263 e. The highest BCUT2D eigenvalue weighted by molar-refractivity contribution is 7.92. The van der Waals surface area contributed by atoms with Crippen molar-refractivity contribution in [3.8, 4) is 11.3 Å². The topological polar surface area (TPSA) is 116 Å². The minimum atomic E-state index is -4.26. The van der Waals surface area contributed by atoms with E-state index in [-0.39, 0.29) is 27.5 Å². The van der Waals surface area contributed by atoms with Crippen molar-refractivity contribution in [2.75, 3.05) is 10.5 Å². The van der Waals surface area contributed by atoms with Crippen LogP contribution in [0.3, 0.4) is 0 Å². The molecule has 0 atom stereocenters. The smallest absolute Gasteiger partial charge is 0.263 e. The number of sulfonamides is 1. The molecule has 1 fully saturated rings. The SMILES string of the molecule is Nc1ncnc2c1c(-c1ccc(NS(=O)(=O)c3ccc(F)cc3Cl)c(F)c1)nn2C1CCCC1. The highest BCUT2D eigenvalue weighted by Crippen LogP contribution is 2.37. The Morgan fingerprint density at radius 3 is 2.56 bits per heavy atom. The van der Waals surface area contributed by atoms with E-state index in [4.69, 9.17) is 22.4 Å². The van der Waals surface area contributed by atoms with Crippen molar-refractivity contribution in [2.24, 2.45) is 0 Å². The number of nitrogens with zero attached hydrogens (tertiary/aromatic N) is 4. The van der Waals surface area contributed by atoms with E-state index < -0.39 is 21.7 Å². The Bertz CT molecular complexity index is 1520. The summed E-state index contributed by atoms with van der Waals surface area (Å²) in [5.41, 5.74) is 7.20. The molecule has 176 valence electrons. The highest BCUT2D eigenvalue weighted by Gasteiger charge is 2.25. The van der Waals surface area contributed by atoms with Crippen molar-refractivity contribution in [2.45, 2.75) is 36.6 Å². The molecule has 0 aliphatic heterocycles. The van der Waals surface area contributed by atoms with Gasteiger partial charge in [-0.05, 0) is 43.2 Å². The van der Waals surface area contributed by atoms with Crippen LogP contribution in [0.15, 0.2) is 47.6 Å². The summed E-state index contributed by atoms with van der Waals surface area (Å²) >= 11 is 5.86. The average Bonchev–Trinajstić information content (AvgIpc) is 3.43. The fourth-order valence-electron chi connectivity index (χ4n) is 4.24. The molecule has 0 radical (unpaired) electrons. The number of fused-ring (bicyclic) bond motifs is 1. The summed E-state index contributed by atoms with van der Waals surface area (Å²) in [7, 11) is -4.26. The van der Waals surface area contributed by atoms with Crippen LogP contribution in [0.5, 0.6) is 0 Å². The normalized spacial score (nSPS) is 14.7. The van der Waals surface area contributed by atoms with E-state index in [1.54, 1.807) is 0 Å². The third kappa shape index (κ3) is 3.94. The van der Waals surface area contributed by atoms with Gasteiger partial charge in [0, 0.05) is 5.56 Å². The minimum Gasteiger partial charge on any atom is -0.383 e. The first kappa shape index (κ1) is 22.5. The first-order chi connectivity index (χ1) is 16.2. The van der Waals surface area contributed by atoms with Crippen LogP contribution in [-0.4, -0.2) is 28.2 Å². The molecule has 0 bridgehead atoms. The lowest BCUT2D eigenvalue weighted by atomic mass is 10.1. The molecular formula is C22H19ClF2N6O2S. The predicted molar refractivity (Wildman–Crippen MR) is 125 cm³/mol. The second kappa shape index (κ2) is 8.48. The number of rotatable bonds is 5. The van der Waals surface area contributed by atoms with Gasteiger partial charge < -0.3 is 5.73 Å². The standard InChI is InChI=1S/C22H19ClF2N6O2S/c23-15-10-13(24)6-8-18(15)34(32,33)30-17-7-5-12(9-16(17)25)20-19-21(26)27-11-28-22(19)31(29-20)14-3-1-2-4-14/h5-11,14,30H,1-4H2,(H2,26,27,28). The van der Waals surface area contributed by atoms with Crippen LogP contribution in [0, 0.1) is 11.6 Å². The van der Waals surface area contributed by atoms with Crippen LogP contribution in [0.4, 0.5) is 20.3 Å². The number of nitrogen functional groups attached to an aromatic ring is 1. The lowest BCUT2D eigenvalue weighted by Crippen LogP contribution is -2.14. The summed E-state index contributed by atoms with van der Waals surface area (Å²) in [6.45, 7) is 0. The molecule has 12 heteroatoms. The van der Waals surface area contributed by atoms with E-state index in [9.17, 15) is 12.8 Å². The molecule has 34 heavy (non-hydrogen) atoms. The molecule has 3 N–H and O–H groups in total. The molecule has 2 aromatic carbocycles. The van der Waals surface area contributed by atoms with Crippen molar-refractivity contribution in [3.63, 3.8) is 0 Å². The zero-order valence-corrected chi connectivity index (χ0v) is 19.2. The summed E-state index contributed by atoms with van der Waals surface area (Å²) in [6, 6.07) is 6.97. The second-order valence-corrected chi connectivity index (χ2v) is 10.1. The summed E-state index contributed by atoms with van der Waals surface area (Å²) in [6.07, 6.45) is 5.46. The van der Waals surface area contributed by atoms with E-state index in [1.807, 2.05) is 4.68 Å². The van der Waals surface area contributed by atoms with Gasteiger partial charge in [0.2, 0.25) is 0 Å². The van der Waals surface area contributed by atoms with E-state index in [0.717, 1.165) is 49.9 Å². The Kier molecular flexibility index (Phi) is 5.61. The number of hydrogen-bond acceptors (Lipinski definition) is 6. The van der Waals surface area contributed by atoms with E-state index >= 15 is 4.39 Å². The number of hydrogen-bond donors (Lipinski definition) is 2. The molecule has 0 spiro atoms. The molecule has 0 amide bonds. The Morgan fingerprint density at radius 1 is 1.09 bits per heavy atom. The maximum absolute atomic E-state index is 15.0. The third-order valence-electron chi connectivity index (χ3n) is 5.86. The number of nitrogens with one attached hydrogen (secondary N) is 1. The van der Waals surface area contributed by atoms with E-state index in [2.05, 4.69) is 14.7 Å². The number of anilines is 2. The first-order valence-corrected chi connectivity index (χ1v) is 12.4. The van der Waals surface area contributed by atoms with Gasteiger partial charge >= 0.3 is 0 Å². The molecule has 0 saturated heterocycles. The van der Waals surface area contributed by atoms with Gasteiger partial charge in [-0.3, -0.25) is 4.72 Å². The number of benzene rings is 2. The fraction of sp³-hybridized carbons (Fsp3) is 0.227. The molecule has 5 rings (SSSR count). The molecular weight excluding hydrogens is 486 g/mol. The molecule has 1 aliphatic carbocycles. The quantitative estimate of drug-likeness (QED) is 0.398. The van der Waals surface area contributed by atoms with Gasteiger partial charge in [-0.25, -0.2) is 31.8 Å². The third-order valence-corrected chi connectivity index (χ3v) is 7.71. The monoisotopic (exact) mass is 504 g/mol. The highest BCUT2D eigenvalue weighted by atomic mass is 35.5. The van der Waals surface area contributed by atoms with Crippen molar-refractivity contribution in [1.29, 1.82) is 0 Å². The van der Waals surface area contributed by atoms with Gasteiger partial charge in [-0.2, -0.15) is 5.10 Å². The Hall–Kier alpha value is -3.31. The maximum atomic E-state index is 15.0. The van der Waals surface area contributed by atoms with Crippen LogP contribution in [0.2, 0.25) is 5.02 Å². The van der Waals surface area contributed by atoms with Crippen LogP contribution in [-0.2, 0) is 10.0 Å². The Labute approximate surface area is 198 Å². The van der Waals surface area contributed by atoms with E-state index in [1.165, 1.54) is 18.5 Å². The van der Waals surface area contributed by atoms with E-state index in [0.29, 0.717) is 22.3 Å². The largest absolute Gasteiger partial charge is 0.383 e. The lowest BCUT2D eigenvalue weighted by Gasteiger charge is -2.11. The van der Waals surface area contributed by atoms with Crippen molar-refractivity contribution in [1.82, 2.24) is 19.7 Å². The summed E-state index contributed by atoms with van der Waals surface area (Å²) in [5.74, 6) is -1.30. The average molecular weight is 505 g/mol. The zero-order chi connectivity index (χ0) is 24.0. The number of aromatic nitrogens is 4.